The molecule has 0 amide bonds. The molecule has 17 heavy (non-hydrogen) atoms. The van der Waals surface area contributed by atoms with E-state index in [1.54, 1.807) is 6.26 Å². The van der Waals surface area contributed by atoms with Crippen molar-refractivity contribution in [2.45, 2.75) is 38.0 Å². The van der Waals surface area contributed by atoms with Gasteiger partial charge in [-0.3, -0.25) is 4.21 Å². The third kappa shape index (κ3) is 3.42. The first-order chi connectivity index (χ1) is 8.08. The van der Waals surface area contributed by atoms with Crippen LogP contribution in [0.2, 0.25) is 0 Å². The second-order valence-corrected chi connectivity index (χ2v) is 6.87. The van der Waals surface area contributed by atoms with E-state index in [4.69, 9.17) is 4.42 Å². The molecule has 0 aliphatic heterocycles. The highest BCUT2D eigenvalue weighted by atomic mass is 32.2. The summed E-state index contributed by atoms with van der Waals surface area (Å²) in [5.41, 5.74) is 0. The van der Waals surface area contributed by atoms with Crippen LogP contribution in [-0.2, 0) is 17.3 Å². The summed E-state index contributed by atoms with van der Waals surface area (Å²) in [6.45, 7) is 5.73. The number of furan rings is 1. The smallest absolute Gasteiger partial charge is 0.117 e. The minimum atomic E-state index is -0.758. The standard InChI is InChI=1S/C13H21NO2S/c1-9-6-12(9)13-5-4-11(16-13)8-14-7-10(2)17(3)15/h4-5,9-10,12,14H,6-8H2,1-3H3. The minimum absolute atomic E-state index is 0.188. The number of rotatable bonds is 6. The van der Waals surface area contributed by atoms with Crippen LogP contribution in [0.25, 0.3) is 0 Å². The lowest BCUT2D eigenvalue weighted by atomic mass is 10.3. The highest BCUT2D eigenvalue weighted by Crippen LogP contribution is 2.47. The van der Waals surface area contributed by atoms with E-state index >= 15 is 0 Å². The van der Waals surface area contributed by atoms with Gasteiger partial charge in [0.15, 0.2) is 0 Å². The summed E-state index contributed by atoms with van der Waals surface area (Å²) in [5, 5.41) is 3.47. The van der Waals surface area contributed by atoms with Gasteiger partial charge in [0.25, 0.3) is 0 Å². The Bertz CT molecular complexity index is 402. The Morgan fingerprint density at radius 1 is 1.59 bits per heavy atom. The summed E-state index contributed by atoms with van der Waals surface area (Å²) in [7, 11) is -0.758. The minimum Gasteiger partial charge on any atom is -0.464 e. The van der Waals surface area contributed by atoms with Crippen molar-refractivity contribution >= 4 is 10.8 Å². The topological polar surface area (TPSA) is 42.2 Å². The van der Waals surface area contributed by atoms with Crippen LogP contribution in [0.15, 0.2) is 16.5 Å². The van der Waals surface area contributed by atoms with Gasteiger partial charge in [-0.25, -0.2) is 0 Å². The van der Waals surface area contributed by atoms with Gasteiger partial charge in [-0.15, -0.1) is 0 Å². The molecule has 0 spiro atoms. The number of nitrogens with one attached hydrogen (secondary N) is 1. The van der Waals surface area contributed by atoms with E-state index in [2.05, 4.69) is 18.3 Å². The molecule has 3 nitrogen and oxygen atoms in total. The first-order valence-corrected chi connectivity index (χ1v) is 7.81. The molecule has 1 aliphatic rings. The summed E-state index contributed by atoms with van der Waals surface area (Å²) < 4.78 is 17.0. The van der Waals surface area contributed by atoms with Crippen molar-refractivity contribution in [2.75, 3.05) is 12.8 Å². The molecule has 1 fully saturated rings. The zero-order valence-corrected chi connectivity index (χ0v) is 11.5. The molecule has 4 atom stereocenters. The van der Waals surface area contributed by atoms with Crippen molar-refractivity contribution in [1.82, 2.24) is 5.32 Å². The summed E-state index contributed by atoms with van der Waals surface area (Å²) in [4.78, 5) is 0. The maximum atomic E-state index is 11.2. The molecular weight excluding hydrogens is 234 g/mol. The van der Waals surface area contributed by atoms with Crippen molar-refractivity contribution in [3.8, 4) is 0 Å². The third-order valence-corrected chi connectivity index (χ3v) is 4.75. The van der Waals surface area contributed by atoms with Gasteiger partial charge in [-0.2, -0.15) is 0 Å². The molecule has 1 aliphatic carbocycles. The molecule has 0 radical (unpaired) electrons. The molecule has 1 heterocycles. The summed E-state index contributed by atoms with van der Waals surface area (Å²) in [6.07, 6.45) is 3.00. The monoisotopic (exact) mass is 255 g/mol. The van der Waals surface area contributed by atoms with Crippen LogP contribution in [0.4, 0.5) is 0 Å². The van der Waals surface area contributed by atoms with Crippen LogP contribution in [-0.4, -0.2) is 22.3 Å². The molecule has 1 N–H and O–H groups in total. The van der Waals surface area contributed by atoms with E-state index in [0.717, 1.165) is 30.5 Å². The Hall–Kier alpha value is -0.610. The van der Waals surface area contributed by atoms with E-state index in [1.165, 1.54) is 6.42 Å². The Morgan fingerprint density at radius 2 is 2.29 bits per heavy atom. The lowest BCUT2D eigenvalue weighted by Crippen LogP contribution is -2.26. The van der Waals surface area contributed by atoms with Gasteiger partial charge < -0.3 is 9.73 Å². The molecular formula is C13H21NO2S. The molecule has 1 aromatic rings. The summed E-state index contributed by atoms with van der Waals surface area (Å²) in [6, 6.07) is 4.13. The second-order valence-electron chi connectivity index (χ2n) is 5.06. The van der Waals surface area contributed by atoms with Crippen molar-refractivity contribution < 1.29 is 8.63 Å². The average molecular weight is 255 g/mol. The Morgan fingerprint density at radius 3 is 2.88 bits per heavy atom. The molecule has 0 saturated heterocycles. The van der Waals surface area contributed by atoms with Crippen LogP contribution in [0.1, 0.15) is 37.7 Å². The van der Waals surface area contributed by atoms with Gasteiger partial charge in [-0.1, -0.05) is 6.92 Å². The molecule has 4 unspecified atom stereocenters. The van der Waals surface area contributed by atoms with E-state index in [9.17, 15) is 4.21 Å². The van der Waals surface area contributed by atoms with Crippen LogP contribution in [0.3, 0.4) is 0 Å². The Kier molecular flexibility index (Phi) is 4.05. The molecule has 4 heteroatoms. The molecule has 96 valence electrons. The van der Waals surface area contributed by atoms with Crippen molar-refractivity contribution in [1.29, 1.82) is 0 Å². The van der Waals surface area contributed by atoms with Gasteiger partial charge in [0.1, 0.15) is 11.5 Å². The SMILES string of the molecule is CC1CC1c1ccc(CNCC(C)S(C)=O)o1. The predicted octanol–water partition coefficient (Wildman–Crippen LogP) is 2.26. The van der Waals surface area contributed by atoms with E-state index in [1.807, 2.05) is 13.0 Å². The molecule has 1 aromatic heterocycles. The van der Waals surface area contributed by atoms with E-state index < -0.39 is 10.8 Å². The molecule has 2 rings (SSSR count). The summed E-state index contributed by atoms with van der Waals surface area (Å²) in [5.74, 6) is 3.53. The maximum absolute atomic E-state index is 11.2. The largest absolute Gasteiger partial charge is 0.464 e. The fourth-order valence-corrected chi connectivity index (χ4v) is 2.28. The lowest BCUT2D eigenvalue weighted by molar-refractivity contribution is 0.444. The van der Waals surface area contributed by atoms with Crippen molar-refractivity contribution in [3.05, 3.63) is 23.7 Å². The predicted molar refractivity (Wildman–Crippen MR) is 70.5 cm³/mol. The molecule has 1 saturated carbocycles. The van der Waals surface area contributed by atoms with E-state index in [-0.39, 0.29) is 5.25 Å². The van der Waals surface area contributed by atoms with Crippen molar-refractivity contribution in [2.24, 2.45) is 5.92 Å². The van der Waals surface area contributed by atoms with Gasteiger partial charge in [0.2, 0.25) is 0 Å². The van der Waals surface area contributed by atoms with Gasteiger partial charge in [0.05, 0.1) is 6.54 Å². The lowest BCUT2D eigenvalue weighted by Gasteiger charge is -2.08. The fourth-order valence-electron chi connectivity index (χ4n) is 1.92. The maximum Gasteiger partial charge on any atom is 0.117 e. The van der Waals surface area contributed by atoms with E-state index in [0.29, 0.717) is 5.92 Å². The number of hydrogen-bond donors (Lipinski definition) is 1. The quantitative estimate of drug-likeness (QED) is 0.848. The van der Waals surface area contributed by atoms with Gasteiger partial charge in [-0.05, 0) is 31.4 Å². The second kappa shape index (κ2) is 5.36. The average Bonchev–Trinajstić information content (AvgIpc) is 2.83. The Labute approximate surface area is 105 Å². The molecule has 0 bridgehead atoms. The highest BCUT2D eigenvalue weighted by Gasteiger charge is 2.36. The number of hydrogen-bond acceptors (Lipinski definition) is 3. The molecule has 0 aromatic carbocycles. The first kappa shape index (κ1) is 12.8. The van der Waals surface area contributed by atoms with Crippen LogP contribution in [0.5, 0.6) is 0 Å². The normalized spacial score (nSPS) is 26.8. The van der Waals surface area contributed by atoms with Crippen molar-refractivity contribution in [3.63, 3.8) is 0 Å². The zero-order valence-electron chi connectivity index (χ0n) is 10.7. The highest BCUT2D eigenvalue weighted by molar-refractivity contribution is 7.84. The Balaban J connectivity index is 1.76. The third-order valence-electron chi connectivity index (χ3n) is 3.46. The van der Waals surface area contributed by atoms with Gasteiger partial charge >= 0.3 is 0 Å². The zero-order chi connectivity index (χ0) is 12.4. The van der Waals surface area contributed by atoms with Crippen LogP contribution in [0, 0.1) is 5.92 Å². The summed E-state index contributed by atoms with van der Waals surface area (Å²) >= 11 is 0. The first-order valence-electron chi connectivity index (χ1n) is 6.19. The fraction of sp³-hybridized carbons (Fsp3) is 0.692. The van der Waals surface area contributed by atoms with Crippen LogP contribution < -0.4 is 5.32 Å². The van der Waals surface area contributed by atoms with Crippen LogP contribution >= 0.6 is 0 Å². The van der Waals surface area contributed by atoms with Gasteiger partial charge in [0, 0.05) is 34.8 Å².